The molecule has 0 amide bonds. The average Bonchev–Trinajstić information content (AvgIpc) is 1.64. The van der Waals surface area contributed by atoms with Crippen molar-refractivity contribution in [2.75, 3.05) is 6.26 Å². The second-order valence-electron chi connectivity index (χ2n) is 3.96. The van der Waals surface area contributed by atoms with Crippen molar-refractivity contribution in [2.45, 2.75) is 38.9 Å². The normalized spacial score (nSPS) is 14.0. The molecule has 0 aromatic carbocycles. The summed E-state index contributed by atoms with van der Waals surface area (Å²) >= 11 is 2.07. The van der Waals surface area contributed by atoms with E-state index in [1.165, 1.54) is 0 Å². The highest BCUT2D eigenvalue weighted by Gasteiger charge is 2.33. The van der Waals surface area contributed by atoms with Gasteiger partial charge in [0.25, 0.3) is 0 Å². The van der Waals surface area contributed by atoms with E-state index in [9.17, 15) is 0 Å². The molecule has 2 heteroatoms. The Bertz CT molecular complexity index is 91.6. The summed E-state index contributed by atoms with van der Waals surface area (Å²) in [6.07, 6.45) is 2.23. The van der Waals surface area contributed by atoms with Crippen molar-refractivity contribution in [3.63, 3.8) is 0 Å². The molecule has 0 fully saturated rings. The first kappa shape index (κ1) is 9.57. The van der Waals surface area contributed by atoms with Crippen LogP contribution in [0.1, 0.15) is 20.8 Å². The highest BCUT2D eigenvalue weighted by Crippen LogP contribution is 2.41. The highest BCUT2D eigenvalue weighted by molar-refractivity contribution is 8.28. The lowest BCUT2D eigenvalue weighted by molar-refractivity contribution is 0.737. The van der Waals surface area contributed by atoms with Crippen LogP contribution < -0.4 is 0 Å². The zero-order chi connectivity index (χ0) is 7.71. The monoisotopic (exact) mass is 162 g/mol. The van der Waals surface area contributed by atoms with Gasteiger partial charge in [0, 0.05) is 0 Å². The van der Waals surface area contributed by atoms with E-state index in [1.54, 1.807) is 0 Å². The van der Waals surface area contributed by atoms with E-state index in [-0.39, 0.29) is 0 Å². The summed E-state index contributed by atoms with van der Waals surface area (Å²) < 4.78 is 0. The maximum Gasteiger partial charge on any atom is 0.116 e. The second-order valence-corrected chi connectivity index (χ2v) is 13.2. The molecular formula is C7H18SSi. The van der Waals surface area contributed by atoms with Gasteiger partial charge in [0.05, 0.1) is 0 Å². The first-order chi connectivity index (χ1) is 3.81. The van der Waals surface area contributed by atoms with Gasteiger partial charge in [-0.15, -0.1) is 0 Å². The summed E-state index contributed by atoms with van der Waals surface area (Å²) in [6.45, 7) is 11.9. The Kier molecular flexibility index (Phi) is 2.83. The molecule has 0 aromatic heterocycles. The highest BCUT2D eigenvalue weighted by atomic mass is 32.4. The first-order valence-corrected chi connectivity index (χ1v) is 8.31. The average molecular weight is 162 g/mol. The Morgan fingerprint density at radius 1 is 1.11 bits per heavy atom. The van der Waals surface area contributed by atoms with Gasteiger partial charge in [0.2, 0.25) is 0 Å². The quantitative estimate of drug-likeness (QED) is 0.533. The fourth-order valence-electron chi connectivity index (χ4n) is 0.306. The molecule has 0 unspecified atom stereocenters. The van der Waals surface area contributed by atoms with Crippen molar-refractivity contribution in [1.82, 2.24) is 0 Å². The molecule has 0 heterocycles. The van der Waals surface area contributed by atoms with Crippen LogP contribution in [-0.4, -0.2) is 13.5 Å². The van der Waals surface area contributed by atoms with Gasteiger partial charge < -0.3 is 0 Å². The van der Waals surface area contributed by atoms with E-state index < -0.39 is 7.22 Å². The Labute approximate surface area is 64.1 Å². The Morgan fingerprint density at radius 3 is 1.44 bits per heavy atom. The van der Waals surface area contributed by atoms with Gasteiger partial charge in [0.1, 0.15) is 7.22 Å². The van der Waals surface area contributed by atoms with Crippen molar-refractivity contribution >= 4 is 18.4 Å². The third kappa shape index (κ3) is 2.34. The molecule has 0 spiro atoms. The van der Waals surface area contributed by atoms with Gasteiger partial charge in [-0.2, -0.15) is 11.2 Å². The third-order valence-corrected chi connectivity index (χ3v) is 11.8. The molecule has 0 aromatic rings. The van der Waals surface area contributed by atoms with E-state index >= 15 is 0 Å². The molecule has 9 heavy (non-hydrogen) atoms. The maximum atomic E-state index is 2.43. The van der Waals surface area contributed by atoms with Gasteiger partial charge in [-0.05, 0) is 11.3 Å². The topological polar surface area (TPSA) is 0 Å². The van der Waals surface area contributed by atoms with E-state index in [4.69, 9.17) is 0 Å². The van der Waals surface area contributed by atoms with Crippen LogP contribution in [-0.2, 0) is 0 Å². The van der Waals surface area contributed by atoms with Gasteiger partial charge >= 0.3 is 0 Å². The summed E-state index contributed by atoms with van der Waals surface area (Å²) in [4.78, 5) is 0. The van der Waals surface area contributed by atoms with Crippen LogP contribution in [0.15, 0.2) is 0 Å². The van der Waals surface area contributed by atoms with Crippen molar-refractivity contribution in [1.29, 1.82) is 0 Å². The molecule has 56 valence electrons. The standard InChI is InChI=1S/C7H18SSi/c1-7(2,3)9(5,6)8-4/h1-6H3. The first-order valence-electron chi connectivity index (χ1n) is 3.36. The number of hydrogen-bond acceptors (Lipinski definition) is 1. The Morgan fingerprint density at radius 2 is 1.44 bits per heavy atom. The van der Waals surface area contributed by atoms with Crippen molar-refractivity contribution < 1.29 is 0 Å². The molecule has 0 atom stereocenters. The number of rotatable bonds is 1. The largest absolute Gasteiger partial charge is 0.188 e. The number of hydrogen-bond donors (Lipinski definition) is 0. The van der Waals surface area contributed by atoms with Crippen LogP contribution in [0.2, 0.25) is 18.1 Å². The van der Waals surface area contributed by atoms with Gasteiger partial charge in [0.15, 0.2) is 0 Å². The van der Waals surface area contributed by atoms with Gasteiger partial charge in [-0.1, -0.05) is 33.9 Å². The van der Waals surface area contributed by atoms with Crippen LogP contribution in [0.4, 0.5) is 0 Å². The van der Waals surface area contributed by atoms with Crippen LogP contribution in [0.5, 0.6) is 0 Å². The second kappa shape index (κ2) is 2.66. The van der Waals surface area contributed by atoms with E-state index in [0.717, 1.165) is 0 Å². The predicted octanol–water partition coefficient (Wildman–Crippen LogP) is 3.35. The third-order valence-electron chi connectivity index (χ3n) is 2.32. The zero-order valence-corrected chi connectivity index (χ0v) is 9.22. The summed E-state index contributed by atoms with van der Waals surface area (Å²) in [5.74, 6) is 0. The molecule has 0 nitrogen and oxygen atoms in total. The molecule has 0 bridgehead atoms. The van der Waals surface area contributed by atoms with E-state index in [2.05, 4.69) is 51.3 Å². The molecule has 0 aliphatic rings. The SMILES string of the molecule is CS[Si](C)(C)C(C)(C)C. The minimum absolute atomic E-state index is 0.548. The summed E-state index contributed by atoms with van der Waals surface area (Å²) in [5.41, 5.74) is 0. The minimum atomic E-state index is -0.962. The van der Waals surface area contributed by atoms with Crippen molar-refractivity contribution in [2.24, 2.45) is 0 Å². The summed E-state index contributed by atoms with van der Waals surface area (Å²) in [7, 11) is -0.962. The van der Waals surface area contributed by atoms with Crippen LogP contribution in [0.3, 0.4) is 0 Å². The molecule has 0 aliphatic heterocycles. The molecule has 0 N–H and O–H groups in total. The van der Waals surface area contributed by atoms with E-state index in [0.29, 0.717) is 5.04 Å². The Hall–Kier alpha value is 0.567. The summed E-state index contributed by atoms with van der Waals surface area (Å²) in [6, 6.07) is 0. The molecule has 0 saturated carbocycles. The smallest absolute Gasteiger partial charge is 0.116 e. The molecule has 0 aliphatic carbocycles. The Balaban J connectivity index is 4.14. The molecule has 0 rings (SSSR count). The zero-order valence-electron chi connectivity index (χ0n) is 7.41. The van der Waals surface area contributed by atoms with Gasteiger partial charge in [-0.3, -0.25) is 0 Å². The molecule has 0 saturated heterocycles. The summed E-state index contributed by atoms with van der Waals surface area (Å²) in [5, 5.41) is 0.548. The minimum Gasteiger partial charge on any atom is -0.188 e. The van der Waals surface area contributed by atoms with Crippen LogP contribution in [0.25, 0.3) is 0 Å². The maximum absolute atomic E-state index is 2.43. The fraction of sp³-hybridized carbons (Fsp3) is 1.00. The van der Waals surface area contributed by atoms with Gasteiger partial charge in [-0.25, -0.2) is 0 Å². The lowest BCUT2D eigenvalue weighted by Crippen LogP contribution is -2.32. The van der Waals surface area contributed by atoms with E-state index in [1.807, 2.05) is 0 Å². The lowest BCUT2D eigenvalue weighted by atomic mass is 10.2. The predicted molar refractivity (Wildman–Crippen MR) is 50.7 cm³/mol. The molecule has 0 radical (unpaired) electrons. The lowest BCUT2D eigenvalue weighted by Gasteiger charge is -2.34. The van der Waals surface area contributed by atoms with Crippen LogP contribution >= 0.6 is 11.2 Å². The van der Waals surface area contributed by atoms with Crippen molar-refractivity contribution in [3.05, 3.63) is 0 Å². The van der Waals surface area contributed by atoms with Crippen molar-refractivity contribution in [3.8, 4) is 0 Å². The van der Waals surface area contributed by atoms with Crippen LogP contribution in [0, 0.1) is 0 Å². The fourth-order valence-corrected chi connectivity index (χ4v) is 2.76. The molecular weight excluding hydrogens is 144 g/mol.